The summed E-state index contributed by atoms with van der Waals surface area (Å²) in [5.74, 6) is 1.49. The van der Waals surface area contributed by atoms with Crippen molar-refractivity contribution < 1.29 is 18.7 Å². The van der Waals surface area contributed by atoms with E-state index in [2.05, 4.69) is 0 Å². The number of methoxy groups -OCH3 is 2. The van der Waals surface area contributed by atoms with E-state index < -0.39 is 0 Å². The predicted octanol–water partition coefficient (Wildman–Crippen LogP) is 2.42. The Balaban J connectivity index is 2.52. The molecule has 0 radical (unpaired) electrons. The minimum atomic E-state index is -0.303. The van der Waals surface area contributed by atoms with Crippen molar-refractivity contribution >= 4 is 11.5 Å². The number of benzene rings is 1. The van der Waals surface area contributed by atoms with Gasteiger partial charge in [-0.05, 0) is 25.1 Å². The number of carbonyl (C=O) groups is 1. The summed E-state index contributed by atoms with van der Waals surface area (Å²) in [6.45, 7) is 1.77. The first-order valence-electron chi connectivity index (χ1n) is 5.69. The number of ketones is 1. The molecule has 2 aromatic rings. The smallest absolute Gasteiger partial charge is 0.230 e. The van der Waals surface area contributed by atoms with Gasteiger partial charge in [0.15, 0.2) is 5.76 Å². The molecule has 1 aromatic heterocycles. The molecule has 100 valence electrons. The van der Waals surface area contributed by atoms with Crippen molar-refractivity contribution in [3.63, 3.8) is 0 Å². The molecule has 0 aliphatic heterocycles. The molecule has 0 aliphatic rings. The Morgan fingerprint density at radius 3 is 2.47 bits per heavy atom. The third-order valence-corrected chi connectivity index (χ3v) is 2.78. The number of hydrogen-bond acceptors (Lipinski definition) is 5. The first-order valence-corrected chi connectivity index (χ1v) is 5.69. The van der Waals surface area contributed by atoms with Gasteiger partial charge < -0.3 is 19.6 Å². The van der Waals surface area contributed by atoms with E-state index in [0.29, 0.717) is 22.8 Å². The minimum absolute atomic E-state index is 0.236. The monoisotopic (exact) mass is 261 g/mol. The number of nitrogens with two attached hydrogens (primary N) is 1. The van der Waals surface area contributed by atoms with Gasteiger partial charge in [0.2, 0.25) is 5.78 Å². The number of aryl methyl sites for hydroxylation is 1. The maximum absolute atomic E-state index is 12.3. The highest BCUT2D eigenvalue weighted by molar-refractivity contribution is 6.11. The molecule has 5 heteroatoms. The van der Waals surface area contributed by atoms with E-state index in [-0.39, 0.29) is 17.2 Å². The Labute approximate surface area is 110 Å². The quantitative estimate of drug-likeness (QED) is 0.675. The summed E-state index contributed by atoms with van der Waals surface area (Å²) in [5.41, 5.74) is 6.48. The summed E-state index contributed by atoms with van der Waals surface area (Å²) in [6, 6.07) is 6.53. The number of ether oxygens (including phenoxy) is 2. The minimum Gasteiger partial charge on any atom is -0.497 e. The van der Waals surface area contributed by atoms with Gasteiger partial charge >= 0.3 is 0 Å². The average molecular weight is 261 g/mol. The third kappa shape index (κ3) is 2.40. The molecule has 2 rings (SSSR count). The van der Waals surface area contributed by atoms with Crippen molar-refractivity contribution in [3.05, 3.63) is 41.3 Å². The van der Waals surface area contributed by atoms with Crippen molar-refractivity contribution in [2.75, 3.05) is 20.0 Å². The van der Waals surface area contributed by atoms with Crippen molar-refractivity contribution in [2.45, 2.75) is 6.92 Å². The summed E-state index contributed by atoms with van der Waals surface area (Å²) in [6.07, 6.45) is 0. The molecule has 0 aliphatic carbocycles. The number of rotatable bonds is 4. The molecule has 0 bridgehead atoms. The zero-order valence-corrected chi connectivity index (χ0v) is 11.0. The summed E-state index contributed by atoms with van der Waals surface area (Å²) < 4.78 is 15.6. The van der Waals surface area contributed by atoms with Crippen LogP contribution in [-0.4, -0.2) is 20.0 Å². The molecule has 1 heterocycles. The normalized spacial score (nSPS) is 10.3. The van der Waals surface area contributed by atoms with Gasteiger partial charge in [-0.1, -0.05) is 0 Å². The van der Waals surface area contributed by atoms with E-state index >= 15 is 0 Å². The second kappa shape index (κ2) is 5.06. The molecule has 2 N–H and O–H groups in total. The lowest BCUT2D eigenvalue weighted by molar-refractivity contribution is 0.101. The van der Waals surface area contributed by atoms with E-state index in [4.69, 9.17) is 19.6 Å². The fourth-order valence-electron chi connectivity index (χ4n) is 1.77. The van der Waals surface area contributed by atoms with E-state index in [1.165, 1.54) is 14.2 Å². The highest BCUT2D eigenvalue weighted by Crippen LogP contribution is 2.32. The second-order valence-corrected chi connectivity index (χ2v) is 4.03. The van der Waals surface area contributed by atoms with Gasteiger partial charge in [-0.25, -0.2) is 0 Å². The van der Waals surface area contributed by atoms with Gasteiger partial charge in [-0.2, -0.15) is 0 Å². The van der Waals surface area contributed by atoms with Crippen LogP contribution in [0.15, 0.2) is 28.7 Å². The highest BCUT2D eigenvalue weighted by Gasteiger charge is 2.19. The van der Waals surface area contributed by atoms with E-state index in [1.54, 1.807) is 31.2 Å². The first-order chi connectivity index (χ1) is 9.06. The number of furan rings is 1. The Morgan fingerprint density at radius 2 is 1.95 bits per heavy atom. The summed E-state index contributed by atoms with van der Waals surface area (Å²) in [5, 5.41) is 0. The SMILES string of the molecule is COc1cc(OC)c(N)c(C(=O)c2ccc(C)o2)c1. The summed E-state index contributed by atoms with van der Waals surface area (Å²) in [4.78, 5) is 12.3. The van der Waals surface area contributed by atoms with Gasteiger partial charge in [-0.3, -0.25) is 4.79 Å². The van der Waals surface area contributed by atoms with Gasteiger partial charge in [0.05, 0.1) is 25.5 Å². The molecule has 0 saturated heterocycles. The van der Waals surface area contributed by atoms with Crippen LogP contribution in [0.1, 0.15) is 21.9 Å². The van der Waals surface area contributed by atoms with Crippen LogP contribution >= 0.6 is 0 Å². The largest absolute Gasteiger partial charge is 0.497 e. The van der Waals surface area contributed by atoms with Crippen molar-refractivity contribution in [1.29, 1.82) is 0 Å². The molecular formula is C14H15NO4. The Bertz CT molecular complexity index is 616. The van der Waals surface area contributed by atoms with Crippen molar-refractivity contribution in [3.8, 4) is 11.5 Å². The molecule has 0 atom stereocenters. The molecule has 0 fully saturated rings. The lowest BCUT2D eigenvalue weighted by atomic mass is 10.1. The highest BCUT2D eigenvalue weighted by atomic mass is 16.5. The van der Waals surface area contributed by atoms with Crippen LogP contribution in [-0.2, 0) is 0 Å². The lowest BCUT2D eigenvalue weighted by Crippen LogP contribution is -2.06. The van der Waals surface area contributed by atoms with Gasteiger partial charge in [0.25, 0.3) is 0 Å². The zero-order chi connectivity index (χ0) is 14.0. The van der Waals surface area contributed by atoms with Crippen LogP contribution < -0.4 is 15.2 Å². The average Bonchev–Trinajstić information content (AvgIpc) is 2.85. The lowest BCUT2D eigenvalue weighted by Gasteiger charge is -2.11. The van der Waals surface area contributed by atoms with Crippen molar-refractivity contribution in [2.24, 2.45) is 0 Å². The number of anilines is 1. The van der Waals surface area contributed by atoms with Crippen molar-refractivity contribution in [1.82, 2.24) is 0 Å². The molecule has 1 aromatic carbocycles. The van der Waals surface area contributed by atoms with Gasteiger partial charge in [0.1, 0.15) is 17.3 Å². The predicted molar refractivity (Wildman–Crippen MR) is 70.8 cm³/mol. The molecule has 0 spiro atoms. The van der Waals surface area contributed by atoms with E-state index in [1.807, 2.05) is 0 Å². The number of nitrogen functional groups attached to an aromatic ring is 1. The van der Waals surface area contributed by atoms with Gasteiger partial charge in [0, 0.05) is 6.07 Å². The molecule has 5 nitrogen and oxygen atoms in total. The Kier molecular flexibility index (Phi) is 3.46. The molecular weight excluding hydrogens is 246 g/mol. The topological polar surface area (TPSA) is 74.7 Å². The zero-order valence-electron chi connectivity index (χ0n) is 11.0. The van der Waals surface area contributed by atoms with Crippen LogP contribution in [0.2, 0.25) is 0 Å². The summed E-state index contributed by atoms with van der Waals surface area (Å²) in [7, 11) is 2.99. The van der Waals surface area contributed by atoms with E-state index in [0.717, 1.165) is 0 Å². The summed E-state index contributed by atoms with van der Waals surface area (Å²) >= 11 is 0. The van der Waals surface area contributed by atoms with Gasteiger partial charge in [-0.15, -0.1) is 0 Å². The maximum atomic E-state index is 12.3. The molecule has 0 unspecified atom stereocenters. The second-order valence-electron chi connectivity index (χ2n) is 4.03. The number of carbonyl (C=O) groups excluding carboxylic acids is 1. The fourth-order valence-corrected chi connectivity index (χ4v) is 1.77. The number of hydrogen-bond donors (Lipinski definition) is 1. The van der Waals surface area contributed by atoms with Crippen LogP contribution in [0.4, 0.5) is 5.69 Å². The Morgan fingerprint density at radius 1 is 1.21 bits per heavy atom. The molecule has 19 heavy (non-hydrogen) atoms. The fraction of sp³-hybridized carbons (Fsp3) is 0.214. The standard InChI is InChI=1S/C14H15NO4/c1-8-4-5-11(19-8)14(16)10-6-9(17-2)7-12(18-3)13(10)15/h4-7H,15H2,1-3H3. The van der Waals surface area contributed by atoms with Crippen LogP contribution in [0.25, 0.3) is 0 Å². The molecule has 0 amide bonds. The maximum Gasteiger partial charge on any atom is 0.230 e. The van der Waals surface area contributed by atoms with Crippen LogP contribution in [0.3, 0.4) is 0 Å². The van der Waals surface area contributed by atoms with Crippen LogP contribution in [0.5, 0.6) is 11.5 Å². The Hall–Kier alpha value is -2.43. The van der Waals surface area contributed by atoms with E-state index in [9.17, 15) is 4.79 Å². The molecule has 0 saturated carbocycles. The van der Waals surface area contributed by atoms with Crippen LogP contribution in [0, 0.1) is 6.92 Å². The third-order valence-electron chi connectivity index (χ3n) is 2.78. The first kappa shape index (κ1) is 13.0.